The van der Waals surface area contributed by atoms with Gasteiger partial charge in [-0.15, -0.1) is 11.6 Å². The van der Waals surface area contributed by atoms with Crippen LogP contribution in [0.2, 0.25) is 0 Å². The number of nitriles is 1. The normalized spacial score (nSPS) is 10.2. The topological polar surface area (TPSA) is 41.6 Å². The molecule has 1 aromatic heterocycles. The van der Waals surface area contributed by atoms with Crippen molar-refractivity contribution in [3.05, 3.63) is 53.4 Å². The summed E-state index contributed by atoms with van der Waals surface area (Å²) in [7, 11) is 0. The van der Waals surface area contributed by atoms with Gasteiger partial charge in [0.05, 0.1) is 24.1 Å². The van der Waals surface area contributed by atoms with E-state index in [0.29, 0.717) is 23.5 Å². The average Bonchev–Trinajstić information content (AvgIpc) is 2.77. The van der Waals surface area contributed by atoms with Gasteiger partial charge in [-0.25, -0.2) is 9.37 Å². The average molecular weight is 250 g/mol. The zero-order valence-corrected chi connectivity index (χ0v) is 9.65. The predicted molar refractivity (Wildman–Crippen MR) is 62.0 cm³/mol. The van der Waals surface area contributed by atoms with Crippen molar-refractivity contribution in [1.82, 2.24) is 9.55 Å². The fourth-order valence-corrected chi connectivity index (χ4v) is 1.82. The molecule has 0 saturated heterocycles. The molecule has 1 aromatic carbocycles. The molecule has 0 bridgehead atoms. The molecule has 0 saturated carbocycles. The van der Waals surface area contributed by atoms with Gasteiger partial charge in [-0.3, -0.25) is 0 Å². The standard InChI is InChI=1S/C12H9ClFN3/c13-6-12-16-3-4-17(12)8-10-5-11(14)2-1-9(10)7-15/h1-5H,6,8H2. The Morgan fingerprint density at radius 1 is 1.47 bits per heavy atom. The number of rotatable bonds is 3. The molecule has 0 fully saturated rings. The number of hydrogen-bond donors (Lipinski definition) is 0. The molecular formula is C12H9ClFN3. The number of aromatic nitrogens is 2. The minimum Gasteiger partial charge on any atom is -0.329 e. The zero-order valence-electron chi connectivity index (χ0n) is 8.90. The lowest BCUT2D eigenvalue weighted by Gasteiger charge is -2.07. The Morgan fingerprint density at radius 3 is 3.00 bits per heavy atom. The summed E-state index contributed by atoms with van der Waals surface area (Å²) in [4.78, 5) is 4.06. The molecule has 17 heavy (non-hydrogen) atoms. The van der Waals surface area contributed by atoms with Crippen LogP contribution < -0.4 is 0 Å². The summed E-state index contributed by atoms with van der Waals surface area (Å²) in [5.41, 5.74) is 1.08. The van der Waals surface area contributed by atoms with E-state index in [0.717, 1.165) is 0 Å². The highest BCUT2D eigenvalue weighted by atomic mass is 35.5. The molecule has 86 valence electrons. The van der Waals surface area contributed by atoms with Crippen molar-refractivity contribution < 1.29 is 4.39 Å². The Balaban J connectivity index is 2.36. The molecule has 0 aliphatic carbocycles. The van der Waals surface area contributed by atoms with Gasteiger partial charge in [0.2, 0.25) is 0 Å². The molecular weight excluding hydrogens is 241 g/mol. The third kappa shape index (κ3) is 2.45. The first kappa shape index (κ1) is 11.6. The maximum atomic E-state index is 13.1. The van der Waals surface area contributed by atoms with Crippen molar-refractivity contribution in [3.63, 3.8) is 0 Å². The number of alkyl halides is 1. The molecule has 0 atom stereocenters. The zero-order chi connectivity index (χ0) is 12.3. The number of hydrogen-bond acceptors (Lipinski definition) is 2. The smallest absolute Gasteiger partial charge is 0.123 e. The maximum absolute atomic E-state index is 13.1. The summed E-state index contributed by atoms with van der Waals surface area (Å²) in [5.74, 6) is 0.621. The quantitative estimate of drug-likeness (QED) is 0.785. The molecule has 0 amide bonds. The summed E-state index contributed by atoms with van der Waals surface area (Å²) in [5, 5.41) is 8.94. The van der Waals surface area contributed by atoms with Crippen LogP contribution in [0, 0.1) is 17.1 Å². The Labute approximate surface area is 103 Å². The van der Waals surface area contributed by atoms with Crippen LogP contribution in [0.15, 0.2) is 30.6 Å². The first-order valence-corrected chi connectivity index (χ1v) is 5.52. The highest BCUT2D eigenvalue weighted by Gasteiger charge is 2.07. The van der Waals surface area contributed by atoms with Gasteiger partial charge in [0.25, 0.3) is 0 Å². The van der Waals surface area contributed by atoms with Gasteiger partial charge in [-0.2, -0.15) is 5.26 Å². The second-order valence-corrected chi connectivity index (χ2v) is 3.79. The molecule has 3 nitrogen and oxygen atoms in total. The lowest BCUT2D eigenvalue weighted by atomic mass is 10.1. The van der Waals surface area contributed by atoms with E-state index < -0.39 is 0 Å². The van der Waals surface area contributed by atoms with E-state index in [2.05, 4.69) is 4.98 Å². The predicted octanol–water partition coefficient (Wildman–Crippen LogP) is 2.68. The molecule has 1 heterocycles. The minimum absolute atomic E-state index is 0.282. The van der Waals surface area contributed by atoms with Crippen molar-refractivity contribution in [1.29, 1.82) is 5.26 Å². The molecule has 0 N–H and O–H groups in total. The van der Waals surface area contributed by atoms with Crippen molar-refractivity contribution in [2.75, 3.05) is 0 Å². The van der Waals surface area contributed by atoms with Gasteiger partial charge in [0, 0.05) is 12.4 Å². The van der Waals surface area contributed by atoms with E-state index in [4.69, 9.17) is 16.9 Å². The first-order chi connectivity index (χ1) is 8.24. The first-order valence-electron chi connectivity index (χ1n) is 4.99. The molecule has 2 aromatic rings. The number of nitrogens with zero attached hydrogens (tertiary/aromatic N) is 3. The van der Waals surface area contributed by atoms with Crippen LogP contribution >= 0.6 is 11.6 Å². The van der Waals surface area contributed by atoms with Gasteiger partial charge >= 0.3 is 0 Å². The lowest BCUT2D eigenvalue weighted by Crippen LogP contribution is -2.04. The van der Waals surface area contributed by atoms with E-state index in [1.807, 2.05) is 6.07 Å². The van der Waals surface area contributed by atoms with E-state index in [1.54, 1.807) is 17.0 Å². The Bertz CT molecular complexity index is 571. The third-order valence-electron chi connectivity index (χ3n) is 2.45. The Hall–Kier alpha value is -1.86. The van der Waals surface area contributed by atoms with Crippen LogP contribution in [0.1, 0.15) is 17.0 Å². The van der Waals surface area contributed by atoms with Crippen LogP contribution in [0.25, 0.3) is 0 Å². The molecule has 2 rings (SSSR count). The van der Waals surface area contributed by atoms with Gasteiger partial charge in [0.15, 0.2) is 0 Å². The van der Waals surface area contributed by atoms with E-state index in [9.17, 15) is 4.39 Å². The van der Waals surface area contributed by atoms with Crippen molar-refractivity contribution >= 4 is 11.6 Å². The monoisotopic (exact) mass is 249 g/mol. The molecule has 5 heteroatoms. The van der Waals surface area contributed by atoms with Crippen molar-refractivity contribution in [2.45, 2.75) is 12.4 Å². The highest BCUT2D eigenvalue weighted by molar-refractivity contribution is 6.16. The lowest BCUT2D eigenvalue weighted by molar-refractivity contribution is 0.622. The summed E-state index contributed by atoms with van der Waals surface area (Å²) < 4.78 is 14.9. The van der Waals surface area contributed by atoms with E-state index in [-0.39, 0.29) is 11.7 Å². The maximum Gasteiger partial charge on any atom is 0.123 e. The van der Waals surface area contributed by atoms with Gasteiger partial charge in [-0.05, 0) is 23.8 Å². The molecule has 0 aliphatic rings. The number of benzene rings is 1. The van der Waals surface area contributed by atoms with Gasteiger partial charge in [-0.1, -0.05) is 0 Å². The SMILES string of the molecule is N#Cc1ccc(F)cc1Cn1ccnc1CCl. The van der Waals surface area contributed by atoms with Gasteiger partial charge in [0.1, 0.15) is 11.6 Å². The van der Waals surface area contributed by atoms with Crippen LogP contribution in [0.4, 0.5) is 4.39 Å². The van der Waals surface area contributed by atoms with E-state index >= 15 is 0 Å². The summed E-state index contributed by atoms with van der Waals surface area (Å²) in [6.45, 7) is 0.392. The second kappa shape index (κ2) is 4.98. The number of halogens is 2. The van der Waals surface area contributed by atoms with Crippen molar-refractivity contribution in [2.24, 2.45) is 0 Å². The van der Waals surface area contributed by atoms with Crippen LogP contribution in [0.3, 0.4) is 0 Å². The molecule has 0 spiro atoms. The van der Waals surface area contributed by atoms with Crippen LogP contribution in [0.5, 0.6) is 0 Å². The summed E-state index contributed by atoms with van der Waals surface area (Å²) in [6.07, 6.45) is 3.38. The van der Waals surface area contributed by atoms with Crippen LogP contribution in [-0.2, 0) is 12.4 Å². The Kier molecular flexibility index (Phi) is 3.40. The molecule has 0 unspecified atom stereocenters. The largest absolute Gasteiger partial charge is 0.329 e. The van der Waals surface area contributed by atoms with Gasteiger partial charge < -0.3 is 4.57 Å². The minimum atomic E-state index is -0.355. The summed E-state index contributed by atoms with van der Waals surface area (Å²) >= 11 is 5.72. The summed E-state index contributed by atoms with van der Waals surface area (Å²) in [6, 6.07) is 6.15. The van der Waals surface area contributed by atoms with E-state index in [1.165, 1.54) is 18.2 Å². The number of imidazole rings is 1. The third-order valence-corrected chi connectivity index (χ3v) is 2.69. The second-order valence-electron chi connectivity index (χ2n) is 3.52. The fraction of sp³-hybridized carbons (Fsp3) is 0.167. The Morgan fingerprint density at radius 2 is 2.29 bits per heavy atom. The van der Waals surface area contributed by atoms with Crippen LogP contribution in [-0.4, -0.2) is 9.55 Å². The molecule has 0 radical (unpaired) electrons. The fourth-order valence-electron chi connectivity index (χ4n) is 1.60. The van der Waals surface area contributed by atoms with Crippen molar-refractivity contribution in [3.8, 4) is 6.07 Å². The highest BCUT2D eigenvalue weighted by Crippen LogP contribution is 2.13. The molecule has 0 aliphatic heterocycles.